The highest BCUT2D eigenvalue weighted by atomic mass is 35.5. The van der Waals surface area contributed by atoms with E-state index in [0.717, 1.165) is 19.4 Å². The topological polar surface area (TPSA) is 67.3 Å². The number of hydrogen-bond donors (Lipinski definition) is 1. The first-order valence-corrected chi connectivity index (χ1v) is 6.22. The molecule has 1 aromatic rings. The number of hydrogen-bond acceptors (Lipinski definition) is 5. The Balaban J connectivity index is 2.01. The van der Waals surface area contributed by atoms with Crippen LogP contribution in [0.1, 0.15) is 13.3 Å². The Labute approximate surface area is 110 Å². The monoisotopic (exact) mass is 270 g/mol. The molecule has 0 bridgehead atoms. The van der Waals surface area contributed by atoms with Gasteiger partial charge in [-0.05, 0) is 13.3 Å². The van der Waals surface area contributed by atoms with E-state index in [2.05, 4.69) is 15.3 Å². The van der Waals surface area contributed by atoms with Crippen LogP contribution in [0, 0.1) is 0 Å². The number of carbonyl (C=O) groups is 1. The van der Waals surface area contributed by atoms with E-state index in [1.165, 1.54) is 6.20 Å². The predicted molar refractivity (Wildman–Crippen MR) is 67.9 cm³/mol. The van der Waals surface area contributed by atoms with Gasteiger partial charge in [0.05, 0.1) is 12.8 Å². The van der Waals surface area contributed by atoms with Gasteiger partial charge in [0.25, 0.3) is 0 Å². The van der Waals surface area contributed by atoms with E-state index in [1.54, 1.807) is 4.90 Å². The maximum absolute atomic E-state index is 10.6. The number of amides is 1. The van der Waals surface area contributed by atoms with Crippen molar-refractivity contribution in [2.75, 3.05) is 25.0 Å². The molecule has 1 N–H and O–H groups in total. The third-order valence-corrected chi connectivity index (χ3v) is 2.95. The molecule has 98 valence electrons. The van der Waals surface area contributed by atoms with E-state index < -0.39 is 0 Å². The summed E-state index contributed by atoms with van der Waals surface area (Å²) in [4.78, 5) is 20.6. The van der Waals surface area contributed by atoms with E-state index >= 15 is 0 Å². The number of anilines is 1. The second kappa shape index (κ2) is 5.86. The molecule has 0 aliphatic carbocycles. The number of nitrogens with zero attached hydrogens (tertiary/aromatic N) is 3. The van der Waals surface area contributed by atoms with E-state index in [1.807, 2.05) is 6.92 Å². The molecule has 1 aromatic heterocycles. The SMILES string of the molecule is CCOc1nc(N[C@@H]2CCN(C=O)C2)ncc1Cl. The summed E-state index contributed by atoms with van der Waals surface area (Å²) in [5.74, 6) is 0.850. The Hall–Kier alpha value is -1.56. The van der Waals surface area contributed by atoms with Crippen molar-refractivity contribution in [3.05, 3.63) is 11.2 Å². The Morgan fingerprint density at radius 2 is 2.56 bits per heavy atom. The lowest BCUT2D eigenvalue weighted by Gasteiger charge is -2.13. The number of carbonyl (C=O) groups excluding carboxylic acids is 1. The molecule has 6 nitrogen and oxygen atoms in total. The number of ether oxygens (including phenoxy) is 1. The molecule has 7 heteroatoms. The molecular weight excluding hydrogens is 256 g/mol. The summed E-state index contributed by atoms with van der Waals surface area (Å²) in [5, 5.41) is 3.56. The zero-order chi connectivity index (χ0) is 13.0. The highest BCUT2D eigenvalue weighted by molar-refractivity contribution is 6.31. The Morgan fingerprint density at radius 3 is 3.22 bits per heavy atom. The van der Waals surface area contributed by atoms with E-state index in [4.69, 9.17) is 16.3 Å². The van der Waals surface area contributed by atoms with Crippen LogP contribution in [-0.4, -0.2) is 47.0 Å². The molecule has 2 heterocycles. The Kier molecular flexibility index (Phi) is 4.19. The fraction of sp³-hybridized carbons (Fsp3) is 0.545. The molecule has 0 saturated carbocycles. The number of nitrogens with one attached hydrogen (secondary N) is 1. The van der Waals surface area contributed by atoms with Gasteiger partial charge in [0.15, 0.2) is 0 Å². The smallest absolute Gasteiger partial charge is 0.237 e. The van der Waals surface area contributed by atoms with Crippen LogP contribution in [0.3, 0.4) is 0 Å². The van der Waals surface area contributed by atoms with Gasteiger partial charge < -0.3 is 15.0 Å². The first-order valence-electron chi connectivity index (χ1n) is 5.84. The van der Waals surface area contributed by atoms with Gasteiger partial charge in [-0.1, -0.05) is 11.6 Å². The van der Waals surface area contributed by atoms with Crippen LogP contribution >= 0.6 is 11.6 Å². The fourth-order valence-corrected chi connectivity index (χ4v) is 1.99. The van der Waals surface area contributed by atoms with Crippen molar-refractivity contribution < 1.29 is 9.53 Å². The highest BCUT2D eigenvalue weighted by Gasteiger charge is 2.21. The fourth-order valence-electron chi connectivity index (χ4n) is 1.84. The minimum Gasteiger partial charge on any atom is -0.477 e. The lowest BCUT2D eigenvalue weighted by atomic mass is 10.3. The lowest BCUT2D eigenvalue weighted by molar-refractivity contribution is -0.117. The minimum absolute atomic E-state index is 0.172. The number of likely N-dealkylation sites (tertiary alicyclic amines) is 1. The van der Waals surface area contributed by atoms with Crippen LogP contribution < -0.4 is 10.1 Å². The molecule has 0 aromatic carbocycles. The molecule has 1 saturated heterocycles. The number of rotatable bonds is 5. The molecule has 0 spiro atoms. The van der Waals surface area contributed by atoms with Gasteiger partial charge in [0, 0.05) is 19.1 Å². The maximum Gasteiger partial charge on any atom is 0.237 e. The molecule has 1 amide bonds. The third-order valence-electron chi connectivity index (χ3n) is 2.69. The molecule has 0 radical (unpaired) electrons. The van der Waals surface area contributed by atoms with Gasteiger partial charge >= 0.3 is 0 Å². The van der Waals surface area contributed by atoms with Crippen LogP contribution in [0.15, 0.2) is 6.20 Å². The maximum atomic E-state index is 10.6. The van der Waals surface area contributed by atoms with Crippen molar-refractivity contribution in [1.29, 1.82) is 0 Å². The van der Waals surface area contributed by atoms with Crippen LogP contribution in [0.5, 0.6) is 5.88 Å². The van der Waals surface area contributed by atoms with Crippen LogP contribution in [0.4, 0.5) is 5.95 Å². The molecule has 1 aliphatic heterocycles. The predicted octanol–water partition coefficient (Wildman–Crippen LogP) is 1.17. The molecular formula is C11H15ClN4O2. The second-order valence-corrected chi connectivity index (χ2v) is 4.42. The van der Waals surface area contributed by atoms with Crippen LogP contribution in [-0.2, 0) is 4.79 Å². The minimum atomic E-state index is 0.172. The standard InChI is InChI=1S/C11H15ClN4O2/c1-2-18-10-9(12)5-13-11(15-10)14-8-3-4-16(6-8)7-17/h5,7-8H,2-4,6H2,1H3,(H,13,14,15)/t8-/m1/s1. The summed E-state index contributed by atoms with van der Waals surface area (Å²) in [6.07, 6.45) is 3.25. The zero-order valence-corrected chi connectivity index (χ0v) is 10.9. The zero-order valence-electron chi connectivity index (χ0n) is 10.1. The summed E-state index contributed by atoms with van der Waals surface area (Å²) in [6.45, 7) is 3.79. The largest absolute Gasteiger partial charge is 0.477 e. The first kappa shape index (κ1) is 12.9. The van der Waals surface area contributed by atoms with Gasteiger partial charge in [0.1, 0.15) is 5.02 Å². The molecule has 1 aliphatic rings. The second-order valence-electron chi connectivity index (χ2n) is 4.01. The molecule has 18 heavy (non-hydrogen) atoms. The van der Waals surface area contributed by atoms with Gasteiger partial charge in [-0.25, -0.2) is 4.98 Å². The summed E-state index contributed by atoms with van der Waals surface area (Å²) in [6, 6.07) is 0.172. The molecule has 0 unspecified atom stereocenters. The van der Waals surface area contributed by atoms with Gasteiger partial charge in [-0.2, -0.15) is 4.98 Å². The summed E-state index contributed by atoms with van der Waals surface area (Å²) < 4.78 is 5.29. The normalized spacial score (nSPS) is 18.8. The van der Waals surface area contributed by atoms with Crippen molar-refractivity contribution in [3.8, 4) is 5.88 Å². The molecule has 1 atom stereocenters. The molecule has 1 fully saturated rings. The van der Waals surface area contributed by atoms with E-state index in [0.29, 0.717) is 30.0 Å². The van der Waals surface area contributed by atoms with Crippen LogP contribution in [0.2, 0.25) is 5.02 Å². The Morgan fingerprint density at radius 1 is 1.72 bits per heavy atom. The van der Waals surface area contributed by atoms with Gasteiger partial charge in [0.2, 0.25) is 18.2 Å². The average Bonchev–Trinajstić information content (AvgIpc) is 2.81. The van der Waals surface area contributed by atoms with Gasteiger partial charge in [-0.15, -0.1) is 0 Å². The Bertz CT molecular complexity index is 430. The van der Waals surface area contributed by atoms with Crippen LogP contribution in [0.25, 0.3) is 0 Å². The highest BCUT2D eigenvalue weighted by Crippen LogP contribution is 2.22. The van der Waals surface area contributed by atoms with Crippen molar-refractivity contribution in [2.45, 2.75) is 19.4 Å². The number of halogens is 1. The number of aromatic nitrogens is 2. The van der Waals surface area contributed by atoms with Crippen molar-refractivity contribution in [2.24, 2.45) is 0 Å². The van der Waals surface area contributed by atoms with Crippen molar-refractivity contribution >= 4 is 24.0 Å². The first-order chi connectivity index (χ1) is 8.72. The quantitative estimate of drug-likeness (QED) is 0.814. The summed E-state index contributed by atoms with van der Waals surface area (Å²) in [5.41, 5.74) is 0. The summed E-state index contributed by atoms with van der Waals surface area (Å²) >= 11 is 5.90. The van der Waals surface area contributed by atoms with Crippen molar-refractivity contribution in [1.82, 2.24) is 14.9 Å². The van der Waals surface area contributed by atoms with Gasteiger partial charge in [-0.3, -0.25) is 4.79 Å². The average molecular weight is 271 g/mol. The van der Waals surface area contributed by atoms with Crippen molar-refractivity contribution in [3.63, 3.8) is 0 Å². The third kappa shape index (κ3) is 3.01. The van der Waals surface area contributed by atoms with E-state index in [-0.39, 0.29) is 6.04 Å². The lowest BCUT2D eigenvalue weighted by Crippen LogP contribution is -2.26. The molecule has 2 rings (SSSR count). The van der Waals surface area contributed by atoms with E-state index in [9.17, 15) is 4.79 Å². The summed E-state index contributed by atoms with van der Waals surface area (Å²) in [7, 11) is 0.